The zero-order chi connectivity index (χ0) is 17.6. The number of rotatable bonds is 6. The number of hydrogen-bond donors (Lipinski definition) is 1. The van der Waals surface area contributed by atoms with E-state index in [4.69, 9.17) is 9.52 Å². The number of benzene rings is 2. The lowest BCUT2D eigenvalue weighted by atomic mass is 10.0. The molecular formula is C21H16O4. The summed E-state index contributed by atoms with van der Waals surface area (Å²) in [6, 6.07) is 20.3. The van der Waals surface area contributed by atoms with E-state index in [9.17, 15) is 9.59 Å². The molecule has 124 valence electrons. The van der Waals surface area contributed by atoms with E-state index in [2.05, 4.69) is 0 Å². The molecule has 4 nitrogen and oxygen atoms in total. The zero-order valence-electron chi connectivity index (χ0n) is 13.4. The maximum atomic E-state index is 12.4. The highest BCUT2D eigenvalue weighted by molar-refractivity contribution is 5.95. The van der Waals surface area contributed by atoms with Crippen molar-refractivity contribution in [2.24, 2.45) is 0 Å². The third-order valence-electron chi connectivity index (χ3n) is 3.67. The molecule has 0 aliphatic heterocycles. The minimum Gasteiger partial charge on any atom is -0.478 e. The lowest BCUT2D eigenvalue weighted by molar-refractivity contribution is -0.131. The molecule has 0 amide bonds. The van der Waals surface area contributed by atoms with Gasteiger partial charge < -0.3 is 9.52 Å². The topological polar surface area (TPSA) is 67.5 Å². The van der Waals surface area contributed by atoms with E-state index in [0.717, 1.165) is 22.8 Å². The van der Waals surface area contributed by atoms with Crippen molar-refractivity contribution < 1.29 is 19.1 Å². The summed E-state index contributed by atoms with van der Waals surface area (Å²) in [4.78, 5) is 23.0. The Kier molecular flexibility index (Phi) is 4.90. The summed E-state index contributed by atoms with van der Waals surface area (Å²) in [5.74, 6) is -0.167. The van der Waals surface area contributed by atoms with Gasteiger partial charge in [-0.05, 0) is 29.3 Å². The molecule has 0 saturated heterocycles. The molecule has 3 rings (SSSR count). The number of ketones is 1. The van der Waals surface area contributed by atoms with Crippen molar-refractivity contribution in [3.8, 4) is 11.3 Å². The summed E-state index contributed by atoms with van der Waals surface area (Å²) in [6.45, 7) is 0. The molecular weight excluding hydrogens is 316 g/mol. The fraction of sp³-hybridized carbons (Fsp3) is 0.0476. The van der Waals surface area contributed by atoms with Gasteiger partial charge in [-0.25, -0.2) is 4.79 Å². The van der Waals surface area contributed by atoms with Crippen molar-refractivity contribution in [1.82, 2.24) is 0 Å². The van der Waals surface area contributed by atoms with Gasteiger partial charge >= 0.3 is 5.97 Å². The Morgan fingerprint density at radius 1 is 0.960 bits per heavy atom. The van der Waals surface area contributed by atoms with Crippen LogP contribution in [-0.4, -0.2) is 16.9 Å². The second-order valence-electron chi connectivity index (χ2n) is 5.55. The third-order valence-corrected chi connectivity index (χ3v) is 3.67. The first-order valence-electron chi connectivity index (χ1n) is 7.80. The maximum absolute atomic E-state index is 12.4. The second-order valence-corrected chi connectivity index (χ2v) is 5.55. The Morgan fingerprint density at radius 3 is 2.52 bits per heavy atom. The van der Waals surface area contributed by atoms with E-state index in [0.29, 0.717) is 11.5 Å². The Morgan fingerprint density at radius 2 is 1.76 bits per heavy atom. The highest BCUT2D eigenvalue weighted by Gasteiger charge is 2.13. The second kappa shape index (κ2) is 7.45. The van der Waals surface area contributed by atoms with Crippen molar-refractivity contribution in [2.45, 2.75) is 6.42 Å². The summed E-state index contributed by atoms with van der Waals surface area (Å²) in [5, 5.41) is 8.68. The van der Waals surface area contributed by atoms with Crippen molar-refractivity contribution in [1.29, 1.82) is 0 Å². The van der Waals surface area contributed by atoms with Crippen LogP contribution < -0.4 is 0 Å². The minimum absolute atomic E-state index is 0.124. The third kappa shape index (κ3) is 4.32. The van der Waals surface area contributed by atoms with Crippen LogP contribution in [0.2, 0.25) is 0 Å². The number of Topliss-reactive ketones (excluding diaryl/α,β-unsaturated/α-hetero) is 1. The van der Waals surface area contributed by atoms with Crippen molar-refractivity contribution in [3.63, 3.8) is 0 Å². The first-order valence-corrected chi connectivity index (χ1v) is 7.80. The number of carbonyl (C=O) groups is 2. The summed E-state index contributed by atoms with van der Waals surface area (Å²) < 4.78 is 5.67. The molecule has 0 bridgehead atoms. The summed E-state index contributed by atoms with van der Waals surface area (Å²) >= 11 is 0. The molecule has 0 aliphatic rings. The zero-order valence-corrected chi connectivity index (χ0v) is 13.4. The molecule has 0 fully saturated rings. The molecule has 3 aromatic rings. The fourth-order valence-corrected chi connectivity index (χ4v) is 2.49. The van der Waals surface area contributed by atoms with Crippen LogP contribution in [0.4, 0.5) is 0 Å². The van der Waals surface area contributed by atoms with Crippen molar-refractivity contribution in [2.75, 3.05) is 0 Å². The standard InChI is InChI=1S/C21H16O4/c22-18(14-16-6-4-5-15(13-16)9-12-21(23)24)20-11-10-19(25-20)17-7-2-1-3-8-17/h1-13H,14H2,(H,23,24)/b12-9+. The molecule has 1 aromatic heterocycles. The molecule has 0 atom stereocenters. The van der Waals surface area contributed by atoms with E-state index in [1.54, 1.807) is 30.3 Å². The molecule has 4 heteroatoms. The van der Waals surface area contributed by atoms with Gasteiger partial charge in [0, 0.05) is 18.1 Å². The van der Waals surface area contributed by atoms with Gasteiger partial charge in [0.15, 0.2) is 5.76 Å². The number of hydrogen-bond acceptors (Lipinski definition) is 3. The van der Waals surface area contributed by atoms with Crippen molar-refractivity contribution >= 4 is 17.8 Å². The largest absolute Gasteiger partial charge is 0.478 e. The minimum atomic E-state index is -1.01. The lowest BCUT2D eigenvalue weighted by Gasteiger charge is -2.01. The average Bonchev–Trinajstić information content (AvgIpc) is 3.11. The van der Waals surface area contributed by atoms with E-state index in [1.807, 2.05) is 36.4 Å². The first kappa shape index (κ1) is 16.5. The van der Waals surface area contributed by atoms with Gasteiger partial charge in [-0.1, -0.05) is 54.6 Å². The molecule has 1 heterocycles. The van der Waals surface area contributed by atoms with E-state index in [1.165, 1.54) is 6.08 Å². The predicted molar refractivity (Wildman–Crippen MR) is 95.3 cm³/mol. The van der Waals surface area contributed by atoms with Gasteiger partial charge in [-0.15, -0.1) is 0 Å². The Labute approximate surface area is 145 Å². The van der Waals surface area contributed by atoms with Crippen LogP contribution in [0.25, 0.3) is 17.4 Å². The van der Waals surface area contributed by atoms with Gasteiger partial charge in [-0.2, -0.15) is 0 Å². The Balaban J connectivity index is 1.74. The number of aliphatic carboxylic acids is 1. The van der Waals surface area contributed by atoms with Crippen LogP contribution in [-0.2, 0) is 11.2 Å². The van der Waals surface area contributed by atoms with Crippen LogP contribution in [0.3, 0.4) is 0 Å². The van der Waals surface area contributed by atoms with Crippen molar-refractivity contribution in [3.05, 3.63) is 89.7 Å². The van der Waals surface area contributed by atoms with Crippen LogP contribution in [0, 0.1) is 0 Å². The number of carboxylic acids is 1. The molecule has 0 unspecified atom stereocenters. The SMILES string of the molecule is O=C(O)/C=C/c1cccc(CC(=O)c2ccc(-c3ccccc3)o2)c1. The normalized spacial score (nSPS) is 10.9. The van der Waals surface area contributed by atoms with E-state index >= 15 is 0 Å². The average molecular weight is 332 g/mol. The van der Waals surface area contributed by atoms with Crippen LogP contribution >= 0.6 is 0 Å². The Bertz CT molecular complexity index is 920. The van der Waals surface area contributed by atoms with E-state index in [-0.39, 0.29) is 12.2 Å². The molecule has 0 aliphatic carbocycles. The van der Waals surface area contributed by atoms with Crippen LogP contribution in [0.15, 0.2) is 77.2 Å². The van der Waals surface area contributed by atoms with Gasteiger partial charge in [-0.3, -0.25) is 4.79 Å². The first-order chi connectivity index (χ1) is 12.1. The molecule has 0 spiro atoms. The van der Waals surface area contributed by atoms with Gasteiger partial charge in [0.2, 0.25) is 5.78 Å². The van der Waals surface area contributed by atoms with Gasteiger partial charge in [0.25, 0.3) is 0 Å². The Hall–Kier alpha value is -3.40. The quantitative estimate of drug-likeness (QED) is 0.534. The summed E-state index contributed by atoms with van der Waals surface area (Å²) in [5.41, 5.74) is 2.45. The molecule has 2 aromatic carbocycles. The number of carbonyl (C=O) groups excluding carboxylic acids is 1. The monoisotopic (exact) mass is 332 g/mol. The lowest BCUT2D eigenvalue weighted by Crippen LogP contribution is -2.02. The molecule has 25 heavy (non-hydrogen) atoms. The smallest absolute Gasteiger partial charge is 0.328 e. The van der Waals surface area contributed by atoms with Gasteiger partial charge in [0.05, 0.1) is 0 Å². The summed E-state index contributed by atoms with van der Waals surface area (Å²) in [7, 11) is 0. The molecule has 0 radical (unpaired) electrons. The predicted octanol–water partition coefficient (Wildman–Crippen LogP) is 4.47. The van der Waals surface area contributed by atoms with Gasteiger partial charge in [0.1, 0.15) is 5.76 Å². The maximum Gasteiger partial charge on any atom is 0.328 e. The number of carboxylic acid groups (broad SMARTS) is 1. The molecule has 1 N–H and O–H groups in total. The van der Waals surface area contributed by atoms with Crippen LogP contribution in [0.5, 0.6) is 0 Å². The summed E-state index contributed by atoms with van der Waals surface area (Å²) in [6.07, 6.45) is 2.76. The highest BCUT2D eigenvalue weighted by atomic mass is 16.4. The fourth-order valence-electron chi connectivity index (χ4n) is 2.49. The highest BCUT2D eigenvalue weighted by Crippen LogP contribution is 2.22. The molecule has 0 saturated carbocycles. The number of furan rings is 1. The van der Waals surface area contributed by atoms with E-state index < -0.39 is 5.97 Å². The van der Waals surface area contributed by atoms with Crippen LogP contribution in [0.1, 0.15) is 21.7 Å².